The minimum atomic E-state index is -0.235. The van der Waals surface area contributed by atoms with Gasteiger partial charge in [0, 0.05) is 12.6 Å². The monoisotopic (exact) mass is 468 g/mol. The van der Waals surface area contributed by atoms with E-state index in [2.05, 4.69) is 41.5 Å². The molecule has 0 aliphatic rings. The van der Waals surface area contributed by atoms with Crippen molar-refractivity contribution in [1.82, 2.24) is 14.8 Å². The zero-order valence-corrected chi connectivity index (χ0v) is 19.1. The first kappa shape index (κ1) is 22.0. The van der Waals surface area contributed by atoms with Gasteiger partial charge >= 0.3 is 0 Å². The molecule has 3 aromatic rings. The van der Waals surface area contributed by atoms with Gasteiger partial charge in [-0.2, -0.15) is 0 Å². The molecule has 29 heavy (non-hydrogen) atoms. The molecule has 0 saturated heterocycles. The third-order valence-corrected chi connectivity index (χ3v) is 6.34. The first-order valence-corrected chi connectivity index (χ1v) is 10.9. The van der Waals surface area contributed by atoms with E-state index in [1.165, 1.54) is 29.5 Å². The maximum absolute atomic E-state index is 12.3. The van der Waals surface area contributed by atoms with Crippen LogP contribution in [0.15, 0.2) is 41.6 Å². The molecule has 0 fully saturated rings. The van der Waals surface area contributed by atoms with Crippen LogP contribution in [-0.2, 0) is 11.8 Å². The molecule has 2 aromatic carbocycles. The van der Waals surface area contributed by atoms with Crippen LogP contribution in [-0.4, -0.2) is 26.4 Å². The molecule has 0 aliphatic heterocycles. The minimum absolute atomic E-state index is 0.148. The second-order valence-electron chi connectivity index (χ2n) is 6.72. The summed E-state index contributed by atoms with van der Waals surface area (Å²) in [6, 6.07) is 11.3. The average molecular weight is 470 g/mol. The largest absolute Gasteiger partial charge is 0.324 e. The molecule has 9 heteroatoms. The van der Waals surface area contributed by atoms with Crippen molar-refractivity contribution in [2.24, 2.45) is 7.05 Å². The van der Waals surface area contributed by atoms with Gasteiger partial charge in [0.05, 0.1) is 26.5 Å². The van der Waals surface area contributed by atoms with Crippen LogP contribution in [0.3, 0.4) is 0 Å². The van der Waals surface area contributed by atoms with Gasteiger partial charge in [-0.15, -0.1) is 10.2 Å². The molecule has 0 bridgehead atoms. The van der Waals surface area contributed by atoms with Crippen LogP contribution in [0, 0.1) is 0 Å². The minimum Gasteiger partial charge on any atom is -0.324 e. The van der Waals surface area contributed by atoms with Gasteiger partial charge in [0.25, 0.3) is 0 Å². The second kappa shape index (κ2) is 9.39. The quantitative estimate of drug-likeness (QED) is 0.340. The standard InChI is InChI=1S/C20H19Cl3N4OS/c1-11(2)12-4-6-13(7-5-12)19-25-26-20(27(19)3)29-10-18(28)24-17-9-15(22)14(21)8-16(17)23/h4-9,11H,10H2,1-3H3,(H,24,28). The van der Waals surface area contributed by atoms with Gasteiger partial charge in [-0.3, -0.25) is 4.79 Å². The number of nitrogens with one attached hydrogen (secondary N) is 1. The molecule has 0 atom stereocenters. The summed E-state index contributed by atoms with van der Waals surface area (Å²) in [5.74, 6) is 1.13. The molecular formula is C20H19Cl3N4OS. The van der Waals surface area contributed by atoms with E-state index in [9.17, 15) is 4.79 Å². The molecule has 0 unspecified atom stereocenters. The molecule has 3 rings (SSSR count). The lowest BCUT2D eigenvalue weighted by atomic mass is 10.0. The number of amides is 1. The van der Waals surface area contributed by atoms with Crippen molar-refractivity contribution in [3.8, 4) is 11.4 Å². The number of benzene rings is 2. The molecule has 5 nitrogen and oxygen atoms in total. The first-order chi connectivity index (χ1) is 13.8. The van der Waals surface area contributed by atoms with Gasteiger partial charge in [0.2, 0.25) is 5.91 Å². The number of rotatable bonds is 6. The highest BCUT2D eigenvalue weighted by Gasteiger charge is 2.14. The van der Waals surface area contributed by atoms with Gasteiger partial charge in [-0.05, 0) is 23.6 Å². The Hall–Kier alpha value is -1.73. The van der Waals surface area contributed by atoms with Gasteiger partial charge in [0.1, 0.15) is 0 Å². The van der Waals surface area contributed by atoms with E-state index >= 15 is 0 Å². The molecule has 1 aromatic heterocycles. The zero-order chi connectivity index (χ0) is 21.1. The maximum Gasteiger partial charge on any atom is 0.234 e. The predicted octanol–water partition coefficient (Wildman–Crippen LogP) is 6.30. The molecule has 0 spiro atoms. The predicted molar refractivity (Wildman–Crippen MR) is 121 cm³/mol. The van der Waals surface area contributed by atoms with Crippen molar-refractivity contribution in [3.63, 3.8) is 0 Å². The summed E-state index contributed by atoms with van der Waals surface area (Å²) in [5, 5.41) is 12.8. The smallest absolute Gasteiger partial charge is 0.234 e. The summed E-state index contributed by atoms with van der Waals surface area (Å²) in [4.78, 5) is 12.3. The van der Waals surface area contributed by atoms with Crippen molar-refractivity contribution >= 4 is 58.2 Å². The Morgan fingerprint density at radius 1 is 1.07 bits per heavy atom. The van der Waals surface area contributed by atoms with Crippen LogP contribution in [0.4, 0.5) is 5.69 Å². The summed E-state index contributed by atoms with van der Waals surface area (Å²) in [6.07, 6.45) is 0. The number of carbonyl (C=O) groups excluding carboxylic acids is 1. The van der Waals surface area contributed by atoms with E-state index in [0.29, 0.717) is 31.8 Å². The number of hydrogen-bond donors (Lipinski definition) is 1. The Bertz CT molecular complexity index is 1030. The van der Waals surface area contributed by atoms with E-state index < -0.39 is 0 Å². The van der Waals surface area contributed by atoms with E-state index in [-0.39, 0.29) is 11.7 Å². The van der Waals surface area contributed by atoms with E-state index in [1.807, 2.05) is 23.7 Å². The zero-order valence-electron chi connectivity index (χ0n) is 16.0. The number of thioether (sulfide) groups is 1. The molecule has 152 valence electrons. The Morgan fingerprint density at radius 2 is 1.72 bits per heavy atom. The van der Waals surface area contributed by atoms with E-state index in [4.69, 9.17) is 34.8 Å². The number of anilines is 1. The summed E-state index contributed by atoms with van der Waals surface area (Å²) < 4.78 is 1.87. The number of carbonyl (C=O) groups is 1. The second-order valence-corrected chi connectivity index (χ2v) is 8.89. The third kappa shape index (κ3) is 5.25. The lowest BCUT2D eigenvalue weighted by Crippen LogP contribution is -2.14. The van der Waals surface area contributed by atoms with Crippen LogP contribution in [0.2, 0.25) is 15.1 Å². The van der Waals surface area contributed by atoms with Crippen LogP contribution in [0.25, 0.3) is 11.4 Å². The number of nitrogens with zero attached hydrogens (tertiary/aromatic N) is 3. The van der Waals surface area contributed by atoms with Gasteiger partial charge in [-0.25, -0.2) is 0 Å². The van der Waals surface area contributed by atoms with Gasteiger partial charge in [0.15, 0.2) is 11.0 Å². The highest BCUT2D eigenvalue weighted by Crippen LogP contribution is 2.32. The van der Waals surface area contributed by atoms with Crippen LogP contribution < -0.4 is 5.32 Å². The normalized spacial score (nSPS) is 11.1. The number of hydrogen-bond acceptors (Lipinski definition) is 4. The summed E-state index contributed by atoms with van der Waals surface area (Å²) in [6.45, 7) is 4.31. The van der Waals surface area contributed by atoms with Gasteiger partial charge < -0.3 is 9.88 Å². The van der Waals surface area contributed by atoms with Crippen LogP contribution >= 0.6 is 46.6 Å². The molecular weight excluding hydrogens is 451 g/mol. The lowest BCUT2D eigenvalue weighted by Gasteiger charge is -2.09. The number of halogens is 3. The van der Waals surface area contributed by atoms with Crippen molar-refractivity contribution in [2.45, 2.75) is 24.9 Å². The van der Waals surface area contributed by atoms with Crippen LogP contribution in [0.1, 0.15) is 25.3 Å². The molecule has 0 radical (unpaired) electrons. The molecule has 1 N–H and O–H groups in total. The fraction of sp³-hybridized carbons (Fsp3) is 0.250. The number of aromatic nitrogens is 3. The lowest BCUT2D eigenvalue weighted by molar-refractivity contribution is -0.113. The van der Waals surface area contributed by atoms with Crippen molar-refractivity contribution in [3.05, 3.63) is 57.0 Å². The summed E-state index contributed by atoms with van der Waals surface area (Å²) in [7, 11) is 1.88. The fourth-order valence-electron chi connectivity index (χ4n) is 2.64. The van der Waals surface area contributed by atoms with Gasteiger partial charge in [-0.1, -0.05) is 84.7 Å². The Kier molecular flexibility index (Phi) is 7.11. The maximum atomic E-state index is 12.3. The van der Waals surface area contributed by atoms with Crippen molar-refractivity contribution < 1.29 is 4.79 Å². The van der Waals surface area contributed by atoms with E-state index in [1.54, 1.807) is 0 Å². The molecule has 0 aliphatic carbocycles. The fourth-order valence-corrected chi connectivity index (χ4v) is 3.95. The summed E-state index contributed by atoms with van der Waals surface area (Å²) in [5.41, 5.74) is 2.65. The van der Waals surface area contributed by atoms with Crippen LogP contribution in [0.5, 0.6) is 0 Å². The Labute approximate surface area is 188 Å². The average Bonchev–Trinajstić information content (AvgIpc) is 3.05. The Morgan fingerprint density at radius 3 is 2.38 bits per heavy atom. The van der Waals surface area contributed by atoms with E-state index in [0.717, 1.165) is 11.4 Å². The summed E-state index contributed by atoms with van der Waals surface area (Å²) >= 11 is 19.3. The molecule has 1 amide bonds. The van der Waals surface area contributed by atoms with Crippen molar-refractivity contribution in [2.75, 3.05) is 11.1 Å². The topological polar surface area (TPSA) is 59.8 Å². The SMILES string of the molecule is CC(C)c1ccc(-c2nnc(SCC(=O)Nc3cc(Cl)c(Cl)cc3Cl)n2C)cc1. The highest BCUT2D eigenvalue weighted by atomic mass is 35.5. The first-order valence-electron chi connectivity index (χ1n) is 8.83. The highest BCUT2D eigenvalue weighted by molar-refractivity contribution is 7.99. The molecule has 0 saturated carbocycles. The van der Waals surface area contributed by atoms with Crippen molar-refractivity contribution in [1.29, 1.82) is 0 Å². The molecule has 1 heterocycles. The Balaban J connectivity index is 1.66. The third-order valence-electron chi connectivity index (χ3n) is 4.29.